The molecule has 3 aromatic carbocycles. The summed E-state index contributed by atoms with van der Waals surface area (Å²) in [6, 6.07) is 22.7. The second-order valence-corrected chi connectivity index (χ2v) is 9.12. The van der Waals surface area contributed by atoms with Crippen molar-refractivity contribution in [1.29, 1.82) is 0 Å². The number of rotatable bonds is 4. The summed E-state index contributed by atoms with van der Waals surface area (Å²) in [5, 5.41) is 0. The molecule has 0 radical (unpaired) electrons. The van der Waals surface area contributed by atoms with Crippen LogP contribution in [0.2, 0.25) is 0 Å². The van der Waals surface area contributed by atoms with E-state index in [2.05, 4.69) is 72.0 Å². The van der Waals surface area contributed by atoms with E-state index in [1.54, 1.807) is 0 Å². The van der Waals surface area contributed by atoms with Crippen molar-refractivity contribution in [3.05, 3.63) is 89.0 Å². The summed E-state index contributed by atoms with van der Waals surface area (Å²) >= 11 is 4.45. The minimum absolute atomic E-state index is 0.0847. The van der Waals surface area contributed by atoms with Crippen LogP contribution in [0.25, 0.3) is 11.1 Å². The van der Waals surface area contributed by atoms with Gasteiger partial charge in [0.05, 0.1) is 0 Å². The molecule has 0 unspecified atom stereocenters. The van der Waals surface area contributed by atoms with E-state index in [0.29, 0.717) is 19.7 Å². The maximum absolute atomic E-state index is 12.8. The number of carbonyl (C=O) groups is 1. The van der Waals surface area contributed by atoms with Gasteiger partial charge in [0, 0.05) is 49.1 Å². The zero-order chi connectivity index (χ0) is 22.8. The minimum Gasteiger partial charge on any atom is -0.448 e. The lowest BCUT2D eigenvalue weighted by Crippen LogP contribution is -2.48. The Hall–Kier alpha value is -3.20. The van der Waals surface area contributed by atoms with Crippen LogP contribution in [0.15, 0.2) is 71.6 Å². The molecule has 1 saturated heterocycles. The molecule has 0 spiro atoms. The highest BCUT2D eigenvalue weighted by atomic mass is 32.1. The topological polar surface area (TPSA) is 32.8 Å². The molecule has 0 saturated carbocycles. The van der Waals surface area contributed by atoms with E-state index in [1.165, 1.54) is 22.3 Å². The molecule has 0 N–H and O–H groups in total. The molecule has 5 heteroatoms. The smallest absolute Gasteiger partial charge is 0.409 e. The molecule has 1 heterocycles. The fraction of sp³-hybridized carbons (Fsp3) is 0.250. The standard InChI is InChI=1S/C28H26N2O2S/c1-2-20-15-21(17-22(33)16-20)18-29-11-13-30(14-12-29)28(31)32-19-27-25-9-5-3-7-23(25)24-8-4-6-10-26(24)27/h1,3-10,15-17,27,33H,11-14,18-19H2. The van der Waals surface area contributed by atoms with Crippen LogP contribution < -0.4 is 0 Å². The number of benzene rings is 3. The second kappa shape index (κ2) is 9.35. The number of hydrogen-bond donors (Lipinski definition) is 1. The Kier molecular flexibility index (Phi) is 6.13. The molecular formula is C28H26N2O2S. The molecule has 0 bridgehead atoms. The van der Waals surface area contributed by atoms with Gasteiger partial charge in [-0.1, -0.05) is 54.5 Å². The molecule has 1 aliphatic heterocycles. The summed E-state index contributed by atoms with van der Waals surface area (Å²) in [5.74, 6) is 2.76. The van der Waals surface area contributed by atoms with Crippen LogP contribution in [0.1, 0.15) is 28.2 Å². The first-order valence-corrected chi connectivity index (χ1v) is 11.7. The molecule has 166 valence electrons. The van der Waals surface area contributed by atoms with E-state index in [-0.39, 0.29) is 12.0 Å². The average molecular weight is 455 g/mol. The Bertz CT molecular complexity index is 1180. The van der Waals surface area contributed by atoms with E-state index in [0.717, 1.165) is 35.7 Å². The lowest BCUT2D eigenvalue weighted by molar-refractivity contribution is 0.0728. The second-order valence-electron chi connectivity index (χ2n) is 8.60. The minimum atomic E-state index is -0.233. The third-order valence-corrected chi connectivity index (χ3v) is 6.78. The van der Waals surface area contributed by atoms with Gasteiger partial charge in [-0.25, -0.2) is 4.79 Å². The fourth-order valence-corrected chi connectivity index (χ4v) is 5.19. The zero-order valence-corrected chi connectivity index (χ0v) is 19.3. The molecule has 0 atom stereocenters. The highest BCUT2D eigenvalue weighted by Crippen LogP contribution is 2.44. The number of nitrogens with zero attached hydrogens (tertiary/aromatic N) is 2. The normalized spacial score (nSPS) is 15.6. The average Bonchev–Trinajstić information content (AvgIpc) is 3.16. The Labute approximate surface area is 200 Å². The number of ether oxygens (including phenoxy) is 1. The van der Waals surface area contributed by atoms with Gasteiger partial charge in [-0.2, -0.15) is 0 Å². The molecule has 1 fully saturated rings. The van der Waals surface area contributed by atoms with Gasteiger partial charge < -0.3 is 9.64 Å². The molecule has 2 aliphatic rings. The molecule has 33 heavy (non-hydrogen) atoms. The van der Waals surface area contributed by atoms with Gasteiger partial charge in [0.25, 0.3) is 0 Å². The summed E-state index contributed by atoms with van der Waals surface area (Å²) in [6.45, 7) is 4.05. The van der Waals surface area contributed by atoms with E-state index in [4.69, 9.17) is 11.2 Å². The van der Waals surface area contributed by atoms with Crippen molar-refractivity contribution in [2.24, 2.45) is 0 Å². The molecular weight excluding hydrogens is 428 g/mol. The van der Waals surface area contributed by atoms with Crippen molar-refractivity contribution in [2.75, 3.05) is 32.8 Å². The van der Waals surface area contributed by atoms with Crippen molar-refractivity contribution in [3.63, 3.8) is 0 Å². The van der Waals surface area contributed by atoms with Gasteiger partial charge in [0.15, 0.2) is 0 Å². The predicted octanol–water partition coefficient (Wildman–Crippen LogP) is 5.02. The summed E-state index contributed by atoms with van der Waals surface area (Å²) in [7, 11) is 0. The van der Waals surface area contributed by atoms with Crippen molar-refractivity contribution in [3.8, 4) is 23.5 Å². The van der Waals surface area contributed by atoms with Gasteiger partial charge in [-0.15, -0.1) is 19.1 Å². The van der Waals surface area contributed by atoms with Gasteiger partial charge in [0.1, 0.15) is 6.61 Å². The first kappa shape index (κ1) is 21.6. The van der Waals surface area contributed by atoms with Gasteiger partial charge in [-0.3, -0.25) is 4.90 Å². The van der Waals surface area contributed by atoms with Gasteiger partial charge in [-0.05, 0) is 46.0 Å². The van der Waals surface area contributed by atoms with Crippen molar-refractivity contribution in [2.45, 2.75) is 17.4 Å². The van der Waals surface area contributed by atoms with E-state index in [9.17, 15) is 4.79 Å². The number of fused-ring (bicyclic) bond motifs is 3. The molecule has 3 aromatic rings. The first-order valence-electron chi connectivity index (χ1n) is 11.2. The Morgan fingerprint density at radius 1 is 0.970 bits per heavy atom. The van der Waals surface area contributed by atoms with Crippen molar-refractivity contribution >= 4 is 18.7 Å². The third-order valence-electron chi connectivity index (χ3n) is 6.52. The monoisotopic (exact) mass is 454 g/mol. The lowest BCUT2D eigenvalue weighted by Gasteiger charge is -2.34. The quantitative estimate of drug-likeness (QED) is 0.444. The molecule has 5 rings (SSSR count). The number of thiol groups is 1. The molecule has 4 nitrogen and oxygen atoms in total. The lowest BCUT2D eigenvalue weighted by atomic mass is 9.98. The maximum atomic E-state index is 12.8. The van der Waals surface area contributed by atoms with Crippen LogP contribution in [0.4, 0.5) is 4.79 Å². The first-order chi connectivity index (χ1) is 16.1. The number of carbonyl (C=O) groups excluding carboxylic acids is 1. The zero-order valence-electron chi connectivity index (χ0n) is 18.4. The third kappa shape index (κ3) is 4.50. The van der Waals surface area contributed by atoms with E-state index < -0.39 is 0 Å². The van der Waals surface area contributed by atoms with Crippen LogP contribution in [0, 0.1) is 12.3 Å². The highest BCUT2D eigenvalue weighted by Gasteiger charge is 2.30. The van der Waals surface area contributed by atoms with Crippen LogP contribution in [-0.4, -0.2) is 48.7 Å². The van der Waals surface area contributed by atoms with E-state index >= 15 is 0 Å². The maximum Gasteiger partial charge on any atom is 0.409 e. The predicted molar refractivity (Wildman–Crippen MR) is 134 cm³/mol. The number of hydrogen-bond acceptors (Lipinski definition) is 4. The van der Waals surface area contributed by atoms with Crippen molar-refractivity contribution < 1.29 is 9.53 Å². The summed E-state index contributed by atoms with van der Waals surface area (Å²) in [4.78, 5) is 17.8. The van der Waals surface area contributed by atoms with Gasteiger partial charge in [0.2, 0.25) is 0 Å². The molecule has 0 aromatic heterocycles. The van der Waals surface area contributed by atoms with Crippen LogP contribution in [0.5, 0.6) is 0 Å². The van der Waals surface area contributed by atoms with Gasteiger partial charge >= 0.3 is 6.09 Å². The Balaban J connectivity index is 1.17. The fourth-order valence-electron chi connectivity index (χ4n) is 4.88. The highest BCUT2D eigenvalue weighted by molar-refractivity contribution is 7.80. The van der Waals surface area contributed by atoms with E-state index in [1.807, 2.05) is 23.1 Å². The summed E-state index contributed by atoms with van der Waals surface area (Å²) < 4.78 is 5.81. The summed E-state index contributed by atoms with van der Waals surface area (Å²) in [5.41, 5.74) is 6.92. The summed E-state index contributed by atoms with van der Waals surface area (Å²) in [6.07, 6.45) is 5.31. The van der Waals surface area contributed by atoms with Crippen molar-refractivity contribution in [1.82, 2.24) is 9.80 Å². The number of piperazine rings is 1. The van der Waals surface area contributed by atoms with Crippen LogP contribution in [0.3, 0.4) is 0 Å². The Morgan fingerprint density at radius 3 is 2.24 bits per heavy atom. The number of terminal acetylenes is 1. The van der Waals surface area contributed by atoms with Crippen LogP contribution in [-0.2, 0) is 11.3 Å². The molecule has 1 aliphatic carbocycles. The SMILES string of the molecule is C#Cc1cc(S)cc(CN2CCN(C(=O)OCC3c4ccccc4-c4ccccc43)CC2)c1. The largest absolute Gasteiger partial charge is 0.448 e. The van der Waals surface area contributed by atoms with Crippen LogP contribution >= 0.6 is 12.6 Å². The number of amides is 1. The molecule has 1 amide bonds. The Morgan fingerprint density at radius 2 is 1.61 bits per heavy atom.